The molecule has 0 aromatic heterocycles. The number of hydrogen-bond acceptors (Lipinski definition) is 5. The minimum absolute atomic E-state index is 0.118. The average molecular weight is 443 g/mol. The van der Waals surface area contributed by atoms with Crippen molar-refractivity contribution < 1.29 is 9.53 Å². The fourth-order valence-corrected chi connectivity index (χ4v) is 5.75. The lowest BCUT2D eigenvalue weighted by Crippen LogP contribution is -2.39. The second-order valence-corrected chi connectivity index (χ2v) is 10.7. The summed E-state index contributed by atoms with van der Waals surface area (Å²) < 4.78 is 5.75. The highest BCUT2D eigenvalue weighted by Crippen LogP contribution is 2.22. The van der Waals surface area contributed by atoms with Crippen LogP contribution in [0.4, 0.5) is 0 Å². The van der Waals surface area contributed by atoms with Gasteiger partial charge in [-0.15, -0.1) is 0 Å². The number of rotatable bonds is 11. The molecule has 0 aromatic carbocycles. The lowest BCUT2D eigenvalue weighted by Gasteiger charge is -2.25. The van der Waals surface area contributed by atoms with Crippen LogP contribution in [0.3, 0.4) is 0 Å². The molecule has 0 aromatic rings. The maximum absolute atomic E-state index is 12.5. The topological polar surface area (TPSA) is 50.7 Å². The highest BCUT2D eigenvalue weighted by atomic mass is 32.2. The quantitative estimate of drug-likeness (QED) is 0.179. The molecule has 0 bridgehead atoms. The van der Waals surface area contributed by atoms with Crippen molar-refractivity contribution in [3.8, 4) is 0 Å². The van der Waals surface area contributed by atoms with E-state index in [2.05, 4.69) is 17.8 Å². The Morgan fingerprint density at radius 2 is 1.69 bits per heavy atom. The molecule has 29 heavy (non-hydrogen) atoms. The van der Waals surface area contributed by atoms with Crippen molar-refractivity contribution in [2.75, 3.05) is 18.3 Å². The molecule has 0 saturated heterocycles. The van der Waals surface area contributed by atoms with Gasteiger partial charge in [-0.2, -0.15) is 23.5 Å². The van der Waals surface area contributed by atoms with Gasteiger partial charge in [-0.1, -0.05) is 44.9 Å². The van der Waals surface area contributed by atoms with E-state index in [0.29, 0.717) is 24.5 Å². The Hall–Kier alpha value is -0.360. The van der Waals surface area contributed by atoms with E-state index < -0.39 is 0 Å². The zero-order valence-corrected chi connectivity index (χ0v) is 20.3. The third-order valence-corrected chi connectivity index (χ3v) is 7.93. The predicted octanol–water partition coefficient (Wildman–Crippen LogP) is 6.19. The van der Waals surface area contributed by atoms with E-state index in [0.717, 1.165) is 43.8 Å². The minimum atomic E-state index is -0.118. The van der Waals surface area contributed by atoms with Crippen molar-refractivity contribution in [1.82, 2.24) is 5.32 Å². The number of aliphatic imine (C=N–C) groups is 1. The van der Waals surface area contributed by atoms with Crippen molar-refractivity contribution in [2.45, 2.75) is 114 Å². The molecule has 0 spiro atoms. The van der Waals surface area contributed by atoms with Crippen LogP contribution in [-0.2, 0) is 9.53 Å². The number of unbranched alkanes of at least 4 members (excludes halogenated alkanes) is 1. The van der Waals surface area contributed by atoms with Gasteiger partial charge in [0.15, 0.2) is 0 Å². The molecule has 2 rings (SSSR count). The zero-order valence-electron chi connectivity index (χ0n) is 18.6. The molecule has 0 heterocycles. The van der Waals surface area contributed by atoms with Crippen LogP contribution in [-0.4, -0.2) is 47.6 Å². The number of amidine groups is 1. The Labute approximate surface area is 187 Å². The minimum Gasteiger partial charge on any atom is -0.393 e. The van der Waals surface area contributed by atoms with Crippen LogP contribution in [0.2, 0.25) is 0 Å². The molecule has 1 N–H and O–H groups in total. The lowest BCUT2D eigenvalue weighted by atomic mass is 9.95. The summed E-state index contributed by atoms with van der Waals surface area (Å²) in [6, 6.07) is 1.25. The molecule has 2 aliphatic rings. The van der Waals surface area contributed by atoms with Gasteiger partial charge in [0.25, 0.3) is 6.02 Å². The predicted molar refractivity (Wildman–Crippen MR) is 129 cm³/mol. The summed E-state index contributed by atoms with van der Waals surface area (Å²) in [6.45, 7) is 0. The van der Waals surface area contributed by atoms with Crippen LogP contribution >= 0.6 is 23.5 Å². The monoisotopic (exact) mass is 442 g/mol. The molecule has 4 nitrogen and oxygen atoms in total. The van der Waals surface area contributed by atoms with E-state index in [1.165, 1.54) is 57.1 Å². The van der Waals surface area contributed by atoms with Crippen LogP contribution in [0.15, 0.2) is 4.99 Å². The van der Waals surface area contributed by atoms with Gasteiger partial charge < -0.3 is 10.1 Å². The first-order valence-corrected chi connectivity index (χ1v) is 14.5. The van der Waals surface area contributed by atoms with Crippen LogP contribution in [0.25, 0.3) is 0 Å². The summed E-state index contributed by atoms with van der Waals surface area (Å²) in [5.74, 6) is 1.11. The SMILES string of the molecule is CSCCC(CCCCC(=O)OC(=NC1CCCCC1)NC1CCCCC1)SC. The van der Waals surface area contributed by atoms with Crippen molar-refractivity contribution in [3.63, 3.8) is 0 Å². The molecule has 2 fully saturated rings. The number of esters is 1. The Morgan fingerprint density at radius 1 is 1.00 bits per heavy atom. The van der Waals surface area contributed by atoms with Gasteiger partial charge in [-0.05, 0) is 63.2 Å². The van der Waals surface area contributed by atoms with Gasteiger partial charge in [0.05, 0.1) is 6.04 Å². The van der Waals surface area contributed by atoms with Crippen molar-refractivity contribution >= 4 is 35.5 Å². The Balaban J connectivity index is 1.76. The van der Waals surface area contributed by atoms with E-state index in [1.807, 2.05) is 23.5 Å². The third-order valence-electron chi connectivity index (χ3n) is 6.15. The van der Waals surface area contributed by atoms with Gasteiger partial charge in [0.1, 0.15) is 0 Å². The number of carbonyl (C=O) groups excluding carboxylic acids is 1. The molecule has 2 aliphatic carbocycles. The van der Waals surface area contributed by atoms with Gasteiger partial charge in [0, 0.05) is 17.7 Å². The molecule has 168 valence electrons. The molecule has 2 saturated carbocycles. The Morgan fingerprint density at radius 3 is 2.34 bits per heavy atom. The number of nitrogens with one attached hydrogen (secondary N) is 1. The summed E-state index contributed by atoms with van der Waals surface area (Å²) >= 11 is 3.88. The van der Waals surface area contributed by atoms with Gasteiger partial charge >= 0.3 is 5.97 Å². The maximum atomic E-state index is 12.5. The average Bonchev–Trinajstić information content (AvgIpc) is 2.74. The van der Waals surface area contributed by atoms with Crippen LogP contribution in [0.5, 0.6) is 0 Å². The van der Waals surface area contributed by atoms with Gasteiger partial charge in [-0.25, -0.2) is 4.99 Å². The van der Waals surface area contributed by atoms with Crippen molar-refractivity contribution in [1.29, 1.82) is 0 Å². The van der Waals surface area contributed by atoms with Gasteiger partial charge in [0.2, 0.25) is 0 Å². The first kappa shape index (κ1) is 24.9. The number of hydrogen-bond donors (Lipinski definition) is 1. The molecule has 0 radical (unpaired) electrons. The van der Waals surface area contributed by atoms with Crippen molar-refractivity contribution in [2.24, 2.45) is 4.99 Å². The molecule has 1 atom stereocenters. The molecule has 1 unspecified atom stereocenters. The fourth-order valence-electron chi connectivity index (χ4n) is 4.32. The largest absolute Gasteiger partial charge is 0.393 e. The van der Waals surface area contributed by atoms with Gasteiger partial charge in [-0.3, -0.25) is 4.79 Å². The number of ether oxygens (including phenoxy) is 1. The molecular formula is C23H42N2O2S2. The van der Waals surface area contributed by atoms with Crippen LogP contribution in [0, 0.1) is 0 Å². The number of carbonyl (C=O) groups is 1. The van der Waals surface area contributed by atoms with E-state index in [1.54, 1.807) is 0 Å². The fraction of sp³-hybridized carbons (Fsp3) is 0.913. The first-order chi connectivity index (χ1) is 14.2. The number of thioether (sulfide) groups is 2. The summed E-state index contributed by atoms with van der Waals surface area (Å²) in [7, 11) is 0. The highest BCUT2D eigenvalue weighted by Gasteiger charge is 2.20. The highest BCUT2D eigenvalue weighted by molar-refractivity contribution is 7.99. The normalized spacial score (nSPS) is 20.4. The number of nitrogens with zero attached hydrogens (tertiary/aromatic N) is 1. The molecular weight excluding hydrogens is 400 g/mol. The summed E-state index contributed by atoms with van der Waals surface area (Å²) in [5.41, 5.74) is 0. The van der Waals surface area contributed by atoms with E-state index in [4.69, 9.17) is 9.73 Å². The lowest BCUT2D eigenvalue weighted by molar-refractivity contribution is -0.136. The van der Waals surface area contributed by atoms with Crippen LogP contribution in [0.1, 0.15) is 96.3 Å². The Kier molecular flexibility index (Phi) is 13.3. The standard InChI is InChI=1S/C23H42N2O2S2/c1-28-18-17-21(29-2)15-9-10-16-22(26)27-23(24-19-11-5-3-6-12-19)25-20-13-7-4-8-14-20/h19-21H,3-18H2,1-2H3,(H,24,25). The second-order valence-electron chi connectivity index (χ2n) is 8.56. The van der Waals surface area contributed by atoms with E-state index in [9.17, 15) is 4.79 Å². The van der Waals surface area contributed by atoms with E-state index in [-0.39, 0.29) is 5.97 Å². The summed E-state index contributed by atoms with van der Waals surface area (Å²) in [4.78, 5) is 17.3. The third kappa shape index (κ3) is 11.0. The smallest absolute Gasteiger partial charge is 0.313 e. The first-order valence-electron chi connectivity index (χ1n) is 11.8. The Bertz CT molecular complexity index is 475. The second kappa shape index (κ2) is 15.4. The molecule has 6 heteroatoms. The molecule has 0 aliphatic heterocycles. The molecule has 0 amide bonds. The summed E-state index contributed by atoms with van der Waals surface area (Å²) in [6.07, 6.45) is 21.5. The summed E-state index contributed by atoms with van der Waals surface area (Å²) in [5, 5.41) is 4.19. The van der Waals surface area contributed by atoms with Crippen LogP contribution < -0.4 is 5.32 Å². The zero-order chi connectivity index (χ0) is 20.7. The van der Waals surface area contributed by atoms with Crippen molar-refractivity contribution in [3.05, 3.63) is 0 Å². The van der Waals surface area contributed by atoms with E-state index >= 15 is 0 Å². The maximum Gasteiger partial charge on any atom is 0.313 e.